The van der Waals surface area contributed by atoms with Gasteiger partial charge in [-0.1, -0.05) is 51.0 Å². The Morgan fingerprint density at radius 2 is 2.06 bits per heavy atom. The lowest BCUT2D eigenvalue weighted by molar-refractivity contribution is -0.120. The molecule has 0 heterocycles. The topological polar surface area (TPSA) is 17.1 Å². The SMILES string of the molecule is CC/C=C/C1CCC(=O)[C@@H]1C/C=C\CCCC. The number of hydrogen-bond acceptors (Lipinski definition) is 1. The van der Waals surface area contributed by atoms with Crippen LogP contribution in [0.3, 0.4) is 0 Å². The Hall–Kier alpha value is -0.850. The first-order valence-electron chi connectivity index (χ1n) is 7.14. The molecule has 1 nitrogen and oxygen atoms in total. The third kappa shape index (κ3) is 4.89. The summed E-state index contributed by atoms with van der Waals surface area (Å²) < 4.78 is 0. The van der Waals surface area contributed by atoms with Gasteiger partial charge in [-0.05, 0) is 31.6 Å². The normalized spacial score (nSPS) is 25.4. The smallest absolute Gasteiger partial charge is 0.136 e. The van der Waals surface area contributed by atoms with E-state index in [0.717, 1.165) is 32.1 Å². The van der Waals surface area contributed by atoms with Crippen molar-refractivity contribution in [3.63, 3.8) is 0 Å². The number of hydrogen-bond donors (Lipinski definition) is 0. The third-order valence-corrected chi connectivity index (χ3v) is 3.55. The lowest BCUT2D eigenvalue weighted by Crippen LogP contribution is -2.12. The molecule has 1 aliphatic rings. The second kappa shape index (κ2) is 8.27. The van der Waals surface area contributed by atoms with Gasteiger partial charge in [0.2, 0.25) is 0 Å². The molecule has 0 N–H and O–H groups in total. The van der Waals surface area contributed by atoms with Gasteiger partial charge in [-0.15, -0.1) is 0 Å². The third-order valence-electron chi connectivity index (χ3n) is 3.55. The molecule has 96 valence electrons. The molecule has 0 aliphatic heterocycles. The zero-order valence-corrected chi connectivity index (χ0v) is 11.3. The summed E-state index contributed by atoms with van der Waals surface area (Å²) in [5.41, 5.74) is 0. The van der Waals surface area contributed by atoms with E-state index in [9.17, 15) is 4.79 Å². The minimum absolute atomic E-state index is 0.260. The summed E-state index contributed by atoms with van der Waals surface area (Å²) in [5, 5.41) is 0. The Morgan fingerprint density at radius 3 is 2.76 bits per heavy atom. The van der Waals surface area contributed by atoms with Crippen LogP contribution in [0.1, 0.15) is 58.8 Å². The highest BCUT2D eigenvalue weighted by Crippen LogP contribution is 2.32. The first-order valence-corrected chi connectivity index (χ1v) is 7.14. The fourth-order valence-electron chi connectivity index (χ4n) is 2.46. The zero-order valence-electron chi connectivity index (χ0n) is 11.3. The highest BCUT2D eigenvalue weighted by atomic mass is 16.1. The van der Waals surface area contributed by atoms with Crippen molar-refractivity contribution >= 4 is 5.78 Å². The zero-order chi connectivity index (χ0) is 12.5. The maximum atomic E-state index is 11.8. The van der Waals surface area contributed by atoms with Crippen molar-refractivity contribution in [3.05, 3.63) is 24.3 Å². The summed E-state index contributed by atoms with van der Waals surface area (Å²) in [6, 6.07) is 0. The van der Waals surface area contributed by atoms with Crippen LogP contribution in [0.25, 0.3) is 0 Å². The average Bonchev–Trinajstić information content (AvgIpc) is 2.68. The standard InChI is InChI=1S/C16H26O/c1-3-5-7-8-9-11-15-14(10-6-4-2)12-13-16(15)17/h6,8-10,14-15H,3-5,7,11-13H2,1-2H3/b9-8-,10-6+/t14?,15-/m1/s1. The van der Waals surface area contributed by atoms with Gasteiger partial charge in [0.15, 0.2) is 0 Å². The lowest BCUT2D eigenvalue weighted by Gasteiger charge is -2.12. The van der Waals surface area contributed by atoms with Crippen LogP contribution in [0.4, 0.5) is 0 Å². The Labute approximate surface area is 106 Å². The van der Waals surface area contributed by atoms with Crippen molar-refractivity contribution in [1.29, 1.82) is 0 Å². The molecule has 0 radical (unpaired) electrons. The summed E-state index contributed by atoms with van der Waals surface area (Å²) in [7, 11) is 0. The number of ketones is 1. The maximum absolute atomic E-state index is 11.8. The molecule has 1 fully saturated rings. The van der Waals surface area contributed by atoms with Crippen LogP contribution in [-0.2, 0) is 4.79 Å². The molecule has 0 aromatic heterocycles. The Kier molecular flexibility index (Phi) is 6.91. The van der Waals surface area contributed by atoms with Gasteiger partial charge < -0.3 is 0 Å². The second-order valence-corrected chi connectivity index (χ2v) is 4.96. The van der Waals surface area contributed by atoms with E-state index in [-0.39, 0.29) is 5.92 Å². The van der Waals surface area contributed by atoms with Crippen LogP contribution in [0.2, 0.25) is 0 Å². The van der Waals surface area contributed by atoms with Crippen LogP contribution in [0, 0.1) is 11.8 Å². The molecule has 2 atom stereocenters. The number of carbonyl (C=O) groups excluding carboxylic acids is 1. The molecule has 0 saturated heterocycles. The Balaban J connectivity index is 2.40. The predicted octanol–water partition coefficient (Wildman–Crippen LogP) is 4.68. The van der Waals surface area contributed by atoms with Crippen LogP contribution < -0.4 is 0 Å². The summed E-state index contributed by atoms with van der Waals surface area (Å²) >= 11 is 0. The maximum Gasteiger partial charge on any atom is 0.136 e. The van der Waals surface area contributed by atoms with Crippen molar-refractivity contribution in [1.82, 2.24) is 0 Å². The largest absolute Gasteiger partial charge is 0.299 e. The molecule has 17 heavy (non-hydrogen) atoms. The molecule has 0 bridgehead atoms. The van der Waals surface area contributed by atoms with Gasteiger partial charge in [0.05, 0.1) is 0 Å². The van der Waals surface area contributed by atoms with Gasteiger partial charge in [0.1, 0.15) is 5.78 Å². The van der Waals surface area contributed by atoms with Gasteiger partial charge in [0, 0.05) is 12.3 Å². The monoisotopic (exact) mass is 234 g/mol. The number of unbranched alkanes of at least 4 members (excludes halogenated alkanes) is 2. The van der Waals surface area contributed by atoms with Crippen LogP contribution in [0.5, 0.6) is 0 Å². The average molecular weight is 234 g/mol. The van der Waals surface area contributed by atoms with E-state index in [1.165, 1.54) is 12.8 Å². The van der Waals surface area contributed by atoms with E-state index in [1.807, 2.05) is 0 Å². The van der Waals surface area contributed by atoms with E-state index >= 15 is 0 Å². The second-order valence-electron chi connectivity index (χ2n) is 4.96. The molecule has 0 amide bonds. The molecule has 1 saturated carbocycles. The summed E-state index contributed by atoms with van der Waals surface area (Å²) in [6.07, 6.45) is 16.5. The van der Waals surface area contributed by atoms with Crippen molar-refractivity contribution in [3.8, 4) is 0 Å². The molecular formula is C16H26O. The van der Waals surface area contributed by atoms with Crippen molar-refractivity contribution in [2.24, 2.45) is 11.8 Å². The van der Waals surface area contributed by atoms with Gasteiger partial charge >= 0.3 is 0 Å². The van der Waals surface area contributed by atoms with E-state index in [2.05, 4.69) is 38.2 Å². The Bertz CT molecular complexity index is 275. The van der Waals surface area contributed by atoms with Crippen LogP contribution >= 0.6 is 0 Å². The quantitative estimate of drug-likeness (QED) is 0.461. The minimum atomic E-state index is 0.260. The highest BCUT2D eigenvalue weighted by molar-refractivity contribution is 5.83. The molecule has 0 spiro atoms. The summed E-state index contributed by atoms with van der Waals surface area (Å²) in [6.45, 7) is 4.35. The fraction of sp³-hybridized carbons (Fsp3) is 0.688. The molecule has 0 aromatic rings. The van der Waals surface area contributed by atoms with Gasteiger partial charge in [-0.2, -0.15) is 0 Å². The molecule has 1 unspecified atom stereocenters. The fourth-order valence-corrected chi connectivity index (χ4v) is 2.46. The number of Topliss-reactive ketones (excluding diaryl/α,β-unsaturated/α-hetero) is 1. The van der Waals surface area contributed by atoms with Gasteiger partial charge in [-0.3, -0.25) is 4.79 Å². The van der Waals surface area contributed by atoms with Crippen molar-refractivity contribution < 1.29 is 4.79 Å². The molecule has 0 aromatic carbocycles. The highest BCUT2D eigenvalue weighted by Gasteiger charge is 2.31. The van der Waals surface area contributed by atoms with Crippen molar-refractivity contribution in [2.45, 2.75) is 58.8 Å². The first-order chi connectivity index (χ1) is 8.29. The summed E-state index contributed by atoms with van der Waals surface area (Å²) in [5.74, 6) is 1.23. The number of allylic oxidation sites excluding steroid dienone is 4. The van der Waals surface area contributed by atoms with Crippen molar-refractivity contribution in [2.75, 3.05) is 0 Å². The number of carbonyl (C=O) groups is 1. The minimum Gasteiger partial charge on any atom is -0.299 e. The van der Waals surface area contributed by atoms with Crippen LogP contribution in [-0.4, -0.2) is 5.78 Å². The predicted molar refractivity (Wildman–Crippen MR) is 73.9 cm³/mol. The number of rotatable bonds is 7. The van der Waals surface area contributed by atoms with Crippen LogP contribution in [0.15, 0.2) is 24.3 Å². The molecule has 1 rings (SSSR count). The van der Waals surface area contributed by atoms with E-state index < -0.39 is 0 Å². The Morgan fingerprint density at radius 1 is 1.24 bits per heavy atom. The molecule has 1 aliphatic carbocycles. The van der Waals surface area contributed by atoms with Gasteiger partial charge in [-0.25, -0.2) is 0 Å². The first kappa shape index (κ1) is 14.2. The molecule has 1 heteroatoms. The molecular weight excluding hydrogens is 208 g/mol. The van der Waals surface area contributed by atoms with E-state index in [0.29, 0.717) is 11.7 Å². The lowest BCUT2D eigenvalue weighted by atomic mass is 9.91. The van der Waals surface area contributed by atoms with E-state index in [4.69, 9.17) is 0 Å². The van der Waals surface area contributed by atoms with Gasteiger partial charge in [0.25, 0.3) is 0 Å². The van der Waals surface area contributed by atoms with E-state index in [1.54, 1.807) is 0 Å². The summed E-state index contributed by atoms with van der Waals surface area (Å²) in [4.78, 5) is 11.8.